The summed E-state index contributed by atoms with van der Waals surface area (Å²) in [7, 11) is 0. The largest absolute Gasteiger partial charge is 0.493 e. The minimum Gasteiger partial charge on any atom is -0.493 e. The molecule has 0 aliphatic carbocycles. The number of aryl methyl sites for hydroxylation is 2. The number of nitrogens with two attached hydrogens (primary N) is 1. The molecule has 0 fully saturated rings. The van der Waals surface area contributed by atoms with Crippen molar-refractivity contribution in [1.82, 2.24) is 0 Å². The SMILES string of the molecule is Cc1cccc(C)c1OCCCC[NH2+]C(C)(C)C. The van der Waals surface area contributed by atoms with Crippen molar-refractivity contribution in [2.75, 3.05) is 13.2 Å². The molecule has 0 aromatic heterocycles. The molecule has 0 amide bonds. The second-order valence-electron chi connectivity index (χ2n) is 6.14. The molecule has 1 aromatic rings. The summed E-state index contributed by atoms with van der Waals surface area (Å²) in [5, 5.41) is 2.39. The zero-order valence-electron chi connectivity index (χ0n) is 12.5. The van der Waals surface area contributed by atoms with E-state index in [2.05, 4.69) is 58.1 Å². The Labute approximate surface area is 112 Å². The number of quaternary nitrogens is 1. The van der Waals surface area contributed by atoms with E-state index in [4.69, 9.17) is 4.74 Å². The van der Waals surface area contributed by atoms with Crippen molar-refractivity contribution < 1.29 is 10.1 Å². The third-order valence-electron chi connectivity index (χ3n) is 3.01. The van der Waals surface area contributed by atoms with E-state index in [1.807, 2.05) is 0 Å². The highest BCUT2D eigenvalue weighted by Gasteiger charge is 2.11. The minimum absolute atomic E-state index is 0.341. The predicted octanol–water partition coefficient (Wildman–Crippen LogP) is 2.82. The van der Waals surface area contributed by atoms with Gasteiger partial charge in [0.15, 0.2) is 0 Å². The van der Waals surface area contributed by atoms with E-state index in [1.54, 1.807) is 0 Å². The maximum absolute atomic E-state index is 5.89. The Morgan fingerprint density at radius 3 is 2.22 bits per heavy atom. The van der Waals surface area contributed by atoms with Crippen molar-refractivity contribution in [1.29, 1.82) is 0 Å². The number of hydrogen-bond donors (Lipinski definition) is 1. The molecule has 0 bridgehead atoms. The number of para-hydroxylation sites is 1. The van der Waals surface area contributed by atoms with Gasteiger partial charge in [-0.1, -0.05) is 18.2 Å². The molecule has 2 nitrogen and oxygen atoms in total. The summed E-state index contributed by atoms with van der Waals surface area (Å²) in [6.07, 6.45) is 2.34. The van der Waals surface area contributed by atoms with Crippen molar-refractivity contribution in [3.05, 3.63) is 29.3 Å². The average molecular weight is 250 g/mol. The third-order valence-corrected chi connectivity index (χ3v) is 3.01. The molecule has 0 atom stereocenters. The van der Waals surface area contributed by atoms with E-state index in [-0.39, 0.29) is 0 Å². The molecule has 1 aromatic carbocycles. The molecular weight excluding hydrogens is 222 g/mol. The molecule has 2 N–H and O–H groups in total. The Balaban J connectivity index is 2.22. The smallest absolute Gasteiger partial charge is 0.125 e. The second-order valence-corrected chi connectivity index (χ2v) is 6.14. The van der Waals surface area contributed by atoms with Crippen LogP contribution in [0, 0.1) is 13.8 Å². The summed E-state index contributed by atoms with van der Waals surface area (Å²) < 4.78 is 5.89. The Morgan fingerprint density at radius 2 is 1.67 bits per heavy atom. The number of ether oxygens (including phenoxy) is 1. The van der Waals surface area contributed by atoms with Crippen molar-refractivity contribution >= 4 is 0 Å². The standard InChI is InChI=1S/C16H27NO/c1-13-9-8-10-14(2)15(13)18-12-7-6-11-17-16(3,4)5/h8-10,17H,6-7,11-12H2,1-5H3/p+1. The van der Waals surface area contributed by atoms with Gasteiger partial charge in [0.05, 0.1) is 18.7 Å². The van der Waals surface area contributed by atoms with Crippen LogP contribution in [-0.2, 0) is 0 Å². The fraction of sp³-hybridized carbons (Fsp3) is 0.625. The lowest BCUT2D eigenvalue weighted by Gasteiger charge is -2.17. The summed E-state index contributed by atoms with van der Waals surface area (Å²) in [4.78, 5) is 0. The minimum atomic E-state index is 0.341. The van der Waals surface area contributed by atoms with Crippen LogP contribution in [0.1, 0.15) is 44.7 Å². The molecule has 0 aliphatic heterocycles. The van der Waals surface area contributed by atoms with Gasteiger partial charge in [-0.25, -0.2) is 0 Å². The molecular formula is C16H28NO+. The van der Waals surface area contributed by atoms with Crippen molar-refractivity contribution in [3.63, 3.8) is 0 Å². The van der Waals surface area contributed by atoms with Gasteiger partial charge >= 0.3 is 0 Å². The van der Waals surface area contributed by atoms with Crippen LogP contribution in [0.5, 0.6) is 5.75 Å². The number of benzene rings is 1. The molecule has 0 spiro atoms. The van der Waals surface area contributed by atoms with Gasteiger partial charge in [-0.15, -0.1) is 0 Å². The molecule has 0 saturated carbocycles. The zero-order chi connectivity index (χ0) is 13.6. The van der Waals surface area contributed by atoms with Crippen LogP contribution in [0.4, 0.5) is 0 Å². The Hall–Kier alpha value is -1.02. The van der Waals surface area contributed by atoms with E-state index < -0.39 is 0 Å². The Morgan fingerprint density at radius 1 is 1.06 bits per heavy atom. The van der Waals surface area contributed by atoms with Gasteiger partial charge in [0.25, 0.3) is 0 Å². The van der Waals surface area contributed by atoms with Crippen LogP contribution in [0.15, 0.2) is 18.2 Å². The van der Waals surface area contributed by atoms with Crippen LogP contribution in [-0.4, -0.2) is 18.7 Å². The summed E-state index contributed by atoms with van der Waals surface area (Å²) in [5.74, 6) is 1.07. The van der Waals surface area contributed by atoms with Gasteiger partial charge in [-0.05, 0) is 58.6 Å². The predicted molar refractivity (Wildman–Crippen MR) is 77.2 cm³/mol. The maximum Gasteiger partial charge on any atom is 0.125 e. The van der Waals surface area contributed by atoms with Gasteiger partial charge in [-0.3, -0.25) is 0 Å². The lowest BCUT2D eigenvalue weighted by molar-refractivity contribution is -0.717. The highest BCUT2D eigenvalue weighted by atomic mass is 16.5. The topological polar surface area (TPSA) is 25.8 Å². The highest BCUT2D eigenvalue weighted by Crippen LogP contribution is 2.22. The van der Waals surface area contributed by atoms with E-state index in [0.29, 0.717) is 5.54 Å². The molecule has 102 valence electrons. The second kappa shape index (κ2) is 6.79. The Bertz CT molecular complexity index is 346. The van der Waals surface area contributed by atoms with Gasteiger partial charge < -0.3 is 10.1 Å². The zero-order valence-corrected chi connectivity index (χ0v) is 12.5. The molecule has 18 heavy (non-hydrogen) atoms. The Kier molecular flexibility index (Phi) is 5.67. The first kappa shape index (κ1) is 15.0. The van der Waals surface area contributed by atoms with E-state index in [9.17, 15) is 0 Å². The quantitative estimate of drug-likeness (QED) is 0.772. The van der Waals surface area contributed by atoms with Gasteiger partial charge in [0.2, 0.25) is 0 Å². The average Bonchev–Trinajstić information content (AvgIpc) is 2.25. The summed E-state index contributed by atoms with van der Waals surface area (Å²) in [5.41, 5.74) is 2.81. The summed E-state index contributed by atoms with van der Waals surface area (Å²) in [6.45, 7) is 13.0. The van der Waals surface area contributed by atoms with Crippen LogP contribution >= 0.6 is 0 Å². The molecule has 0 saturated heterocycles. The first-order chi connectivity index (χ1) is 8.40. The number of unbranched alkanes of at least 4 members (excludes halogenated alkanes) is 1. The fourth-order valence-electron chi connectivity index (χ4n) is 1.98. The van der Waals surface area contributed by atoms with Gasteiger partial charge in [-0.2, -0.15) is 0 Å². The third kappa shape index (κ3) is 5.54. The van der Waals surface area contributed by atoms with E-state index in [0.717, 1.165) is 18.8 Å². The highest BCUT2D eigenvalue weighted by molar-refractivity contribution is 5.39. The molecule has 0 aliphatic rings. The summed E-state index contributed by atoms with van der Waals surface area (Å²) in [6, 6.07) is 6.29. The first-order valence-electron chi connectivity index (χ1n) is 6.93. The van der Waals surface area contributed by atoms with Crippen LogP contribution < -0.4 is 10.1 Å². The molecule has 0 heterocycles. The van der Waals surface area contributed by atoms with Crippen LogP contribution in [0.25, 0.3) is 0 Å². The van der Waals surface area contributed by atoms with E-state index in [1.165, 1.54) is 24.1 Å². The van der Waals surface area contributed by atoms with Crippen LogP contribution in [0.2, 0.25) is 0 Å². The molecule has 0 radical (unpaired) electrons. The van der Waals surface area contributed by atoms with Crippen molar-refractivity contribution in [2.45, 2.75) is 53.0 Å². The first-order valence-corrected chi connectivity index (χ1v) is 6.93. The van der Waals surface area contributed by atoms with Crippen molar-refractivity contribution in [2.24, 2.45) is 0 Å². The van der Waals surface area contributed by atoms with Gasteiger partial charge in [0, 0.05) is 0 Å². The fourth-order valence-corrected chi connectivity index (χ4v) is 1.98. The number of hydrogen-bond acceptors (Lipinski definition) is 1. The lowest BCUT2D eigenvalue weighted by atomic mass is 10.1. The van der Waals surface area contributed by atoms with Crippen molar-refractivity contribution in [3.8, 4) is 5.75 Å². The molecule has 1 rings (SSSR count). The molecule has 2 heteroatoms. The normalized spacial score (nSPS) is 11.6. The van der Waals surface area contributed by atoms with Crippen LogP contribution in [0.3, 0.4) is 0 Å². The molecule has 0 unspecified atom stereocenters. The number of rotatable bonds is 6. The summed E-state index contributed by atoms with van der Waals surface area (Å²) >= 11 is 0. The van der Waals surface area contributed by atoms with Gasteiger partial charge in [0.1, 0.15) is 5.75 Å². The maximum atomic E-state index is 5.89. The van der Waals surface area contributed by atoms with E-state index >= 15 is 0 Å². The lowest BCUT2D eigenvalue weighted by Crippen LogP contribution is -2.94. The monoisotopic (exact) mass is 250 g/mol.